The minimum absolute atomic E-state index is 0.339. The van der Waals surface area contributed by atoms with E-state index in [1.54, 1.807) is 36.4 Å². The topological polar surface area (TPSA) is 34.1 Å². The molecule has 0 atom stereocenters. The fraction of sp³-hybridized carbons (Fsp3) is 0. The molecule has 108 valence electrons. The van der Waals surface area contributed by atoms with Crippen LogP contribution in [0.15, 0.2) is 71.0 Å². The lowest BCUT2D eigenvalue weighted by Gasteiger charge is -2.00. The molecule has 2 aromatic carbocycles. The smallest absolute Gasteiger partial charge is 0.214 e. The molecule has 0 saturated heterocycles. The van der Waals surface area contributed by atoms with E-state index in [4.69, 9.17) is 0 Å². The first kappa shape index (κ1) is 15.1. The van der Waals surface area contributed by atoms with Crippen molar-refractivity contribution in [2.24, 2.45) is 0 Å². The standard InChI is InChI=1S/C16H12F2O2S/c17-15(11-13-7-3-1-4-8-13)21(19,20)16(18)12-14-9-5-2-6-10-14/h1-12H/b15-11+,16-12+. The van der Waals surface area contributed by atoms with Crippen molar-refractivity contribution in [2.75, 3.05) is 0 Å². The molecule has 2 aromatic rings. The van der Waals surface area contributed by atoms with Gasteiger partial charge in [-0.3, -0.25) is 0 Å². The first-order valence-corrected chi connectivity index (χ1v) is 7.58. The number of benzene rings is 2. The van der Waals surface area contributed by atoms with Crippen LogP contribution in [0.5, 0.6) is 0 Å². The first-order valence-electron chi connectivity index (χ1n) is 6.10. The molecule has 0 radical (unpaired) electrons. The lowest BCUT2D eigenvalue weighted by atomic mass is 10.2. The van der Waals surface area contributed by atoms with E-state index < -0.39 is 20.2 Å². The predicted octanol–water partition coefficient (Wildman–Crippen LogP) is 4.34. The molecule has 0 fully saturated rings. The zero-order valence-electron chi connectivity index (χ0n) is 10.9. The maximum absolute atomic E-state index is 13.8. The third-order valence-electron chi connectivity index (χ3n) is 2.67. The van der Waals surface area contributed by atoms with Gasteiger partial charge in [0.1, 0.15) is 0 Å². The Balaban J connectivity index is 2.33. The summed E-state index contributed by atoms with van der Waals surface area (Å²) in [4.78, 5) is 0. The Bertz CT molecular complexity index is 703. The summed E-state index contributed by atoms with van der Waals surface area (Å²) in [6.45, 7) is 0. The van der Waals surface area contributed by atoms with Crippen molar-refractivity contribution in [3.63, 3.8) is 0 Å². The van der Waals surface area contributed by atoms with Gasteiger partial charge in [-0.15, -0.1) is 0 Å². The molecule has 2 rings (SSSR count). The third kappa shape index (κ3) is 3.86. The van der Waals surface area contributed by atoms with Crippen molar-refractivity contribution < 1.29 is 17.2 Å². The monoisotopic (exact) mass is 306 g/mol. The number of hydrogen-bond donors (Lipinski definition) is 0. The predicted molar refractivity (Wildman–Crippen MR) is 80.0 cm³/mol. The van der Waals surface area contributed by atoms with Gasteiger partial charge in [0.05, 0.1) is 0 Å². The Morgan fingerprint density at radius 2 is 1.05 bits per heavy atom. The van der Waals surface area contributed by atoms with Gasteiger partial charge in [-0.05, 0) is 23.3 Å². The van der Waals surface area contributed by atoms with Gasteiger partial charge in [0.15, 0.2) is 0 Å². The minimum Gasteiger partial charge on any atom is -0.214 e. The molecule has 0 amide bonds. The van der Waals surface area contributed by atoms with Gasteiger partial charge in [-0.2, -0.15) is 8.78 Å². The molecule has 0 saturated carbocycles. The lowest BCUT2D eigenvalue weighted by Crippen LogP contribution is -2.00. The Morgan fingerprint density at radius 1 is 0.714 bits per heavy atom. The number of rotatable bonds is 4. The molecule has 0 N–H and O–H groups in total. The van der Waals surface area contributed by atoms with E-state index in [0.29, 0.717) is 11.1 Å². The molecular weight excluding hydrogens is 294 g/mol. The van der Waals surface area contributed by atoms with Crippen molar-refractivity contribution in [1.29, 1.82) is 0 Å². The Labute approximate surface area is 122 Å². The van der Waals surface area contributed by atoms with Crippen LogP contribution >= 0.6 is 0 Å². The summed E-state index contributed by atoms with van der Waals surface area (Å²) in [5.74, 6) is 0. The molecule has 0 heterocycles. The number of sulfone groups is 1. The molecule has 5 heteroatoms. The Hall–Kier alpha value is -2.27. The fourth-order valence-electron chi connectivity index (χ4n) is 1.61. The van der Waals surface area contributed by atoms with Gasteiger partial charge in [-0.25, -0.2) is 8.42 Å². The zero-order valence-corrected chi connectivity index (χ0v) is 11.7. The summed E-state index contributed by atoms with van der Waals surface area (Å²) in [7, 11) is -4.75. The molecule has 0 aliphatic heterocycles. The zero-order chi connectivity index (χ0) is 15.3. The summed E-state index contributed by atoms with van der Waals surface area (Å²) in [6, 6.07) is 16.0. The van der Waals surface area contributed by atoms with Crippen LogP contribution in [0, 0.1) is 0 Å². The van der Waals surface area contributed by atoms with E-state index in [1.165, 1.54) is 24.3 Å². The second-order valence-electron chi connectivity index (χ2n) is 4.22. The average molecular weight is 306 g/mol. The summed E-state index contributed by atoms with van der Waals surface area (Å²) in [5.41, 5.74) is 0.678. The van der Waals surface area contributed by atoms with E-state index in [9.17, 15) is 17.2 Å². The van der Waals surface area contributed by atoms with E-state index in [0.717, 1.165) is 12.2 Å². The van der Waals surface area contributed by atoms with E-state index in [2.05, 4.69) is 0 Å². The van der Waals surface area contributed by atoms with Crippen molar-refractivity contribution in [1.82, 2.24) is 0 Å². The minimum atomic E-state index is -4.75. The van der Waals surface area contributed by atoms with Crippen molar-refractivity contribution in [2.45, 2.75) is 0 Å². The molecule has 0 bridgehead atoms. The van der Waals surface area contributed by atoms with Gasteiger partial charge in [-0.1, -0.05) is 60.7 Å². The van der Waals surface area contributed by atoms with Gasteiger partial charge < -0.3 is 0 Å². The maximum atomic E-state index is 13.8. The maximum Gasteiger partial charge on any atom is 0.260 e. The second-order valence-corrected chi connectivity index (χ2v) is 6.01. The van der Waals surface area contributed by atoms with Crippen molar-refractivity contribution >= 4 is 22.0 Å². The molecule has 0 unspecified atom stereocenters. The number of hydrogen-bond acceptors (Lipinski definition) is 2. The van der Waals surface area contributed by atoms with E-state index in [-0.39, 0.29) is 0 Å². The highest BCUT2D eigenvalue weighted by molar-refractivity contribution is 7.98. The van der Waals surface area contributed by atoms with Crippen LogP contribution in [0.1, 0.15) is 11.1 Å². The van der Waals surface area contributed by atoms with Crippen LogP contribution < -0.4 is 0 Å². The van der Waals surface area contributed by atoms with E-state index in [1.807, 2.05) is 0 Å². The van der Waals surface area contributed by atoms with Crippen LogP contribution in [0.3, 0.4) is 0 Å². The summed E-state index contributed by atoms with van der Waals surface area (Å²) in [5, 5.41) is -3.06. The van der Waals surface area contributed by atoms with Gasteiger partial charge >= 0.3 is 0 Å². The molecule has 21 heavy (non-hydrogen) atoms. The largest absolute Gasteiger partial charge is 0.260 e. The second kappa shape index (κ2) is 6.45. The average Bonchev–Trinajstić information content (AvgIpc) is 2.49. The van der Waals surface area contributed by atoms with Gasteiger partial charge in [0.25, 0.3) is 9.84 Å². The molecule has 0 aliphatic rings. The highest BCUT2D eigenvalue weighted by Crippen LogP contribution is 2.24. The van der Waals surface area contributed by atoms with Crippen LogP contribution in [-0.4, -0.2) is 8.42 Å². The van der Waals surface area contributed by atoms with Crippen molar-refractivity contribution in [3.8, 4) is 0 Å². The van der Waals surface area contributed by atoms with Gasteiger partial charge in [0.2, 0.25) is 10.3 Å². The number of halogens is 2. The van der Waals surface area contributed by atoms with Crippen molar-refractivity contribution in [3.05, 3.63) is 82.1 Å². The molecule has 2 nitrogen and oxygen atoms in total. The summed E-state index contributed by atoms with van der Waals surface area (Å²) >= 11 is 0. The lowest BCUT2D eigenvalue weighted by molar-refractivity contribution is 0.565. The molecule has 0 aromatic heterocycles. The highest BCUT2D eigenvalue weighted by atomic mass is 32.2. The quantitative estimate of drug-likeness (QED) is 0.842. The molecular formula is C16H12F2O2S. The summed E-state index contributed by atoms with van der Waals surface area (Å²) in [6.07, 6.45) is 1.57. The fourth-order valence-corrected chi connectivity index (χ4v) is 2.38. The normalized spacial score (nSPS) is 13.2. The van der Waals surface area contributed by atoms with Crippen LogP contribution in [0.25, 0.3) is 12.2 Å². The molecule has 0 spiro atoms. The SMILES string of the molecule is O=S(=O)(/C(F)=C/c1ccccc1)/C(F)=C/c1ccccc1. The van der Waals surface area contributed by atoms with Crippen LogP contribution in [0.2, 0.25) is 0 Å². The highest BCUT2D eigenvalue weighted by Gasteiger charge is 2.24. The Morgan fingerprint density at radius 3 is 1.38 bits per heavy atom. The molecule has 0 aliphatic carbocycles. The first-order chi connectivity index (χ1) is 10.00. The van der Waals surface area contributed by atoms with Crippen LogP contribution in [-0.2, 0) is 9.84 Å². The summed E-state index contributed by atoms with van der Waals surface area (Å²) < 4.78 is 51.1. The third-order valence-corrected chi connectivity index (χ3v) is 3.94. The Kier molecular flexibility index (Phi) is 4.65. The van der Waals surface area contributed by atoms with Crippen LogP contribution in [0.4, 0.5) is 8.78 Å². The van der Waals surface area contributed by atoms with Gasteiger partial charge in [0, 0.05) is 0 Å². The van der Waals surface area contributed by atoms with E-state index >= 15 is 0 Å².